The molecule has 0 radical (unpaired) electrons. The molecule has 0 bridgehead atoms. The van der Waals surface area contributed by atoms with Gasteiger partial charge in [0.1, 0.15) is 4.90 Å². The maximum absolute atomic E-state index is 10.9. The minimum atomic E-state index is -3.65. The van der Waals surface area contributed by atoms with E-state index < -0.39 is 9.05 Å². The van der Waals surface area contributed by atoms with E-state index in [1.165, 1.54) is 17.1 Å². The van der Waals surface area contributed by atoms with Crippen LogP contribution < -0.4 is 0 Å². The Bertz CT molecular complexity index is 436. The van der Waals surface area contributed by atoms with Gasteiger partial charge in [0, 0.05) is 23.4 Å². The summed E-state index contributed by atoms with van der Waals surface area (Å²) in [7, 11) is 1.48. The number of aryl methyl sites for hydroxylation is 1. The Morgan fingerprint density at radius 1 is 1.71 bits per heavy atom. The quantitative estimate of drug-likeness (QED) is 0.590. The van der Waals surface area contributed by atoms with Gasteiger partial charge in [0.2, 0.25) is 0 Å². The number of hydrogen-bond donors (Lipinski definition) is 0. The van der Waals surface area contributed by atoms with Gasteiger partial charge < -0.3 is 0 Å². The topological polar surface area (TPSA) is 52.0 Å². The van der Waals surface area contributed by atoms with E-state index in [1.807, 2.05) is 6.92 Å². The van der Waals surface area contributed by atoms with E-state index in [2.05, 4.69) is 11.7 Å². The van der Waals surface area contributed by atoms with Gasteiger partial charge in [-0.2, -0.15) is 5.10 Å². The average molecular weight is 235 g/mol. The van der Waals surface area contributed by atoms with Crippen molar-refractivity contribution in [3.63, 3.8) is 0 Å². The van der Waals surface area contributed by atoms with Crippen LogP contribution in [0.2, 0.25) is 0 Å². The predicted molar refractivity (Wildman–Crippen MR) is 54.7 cm³/mol. The summed E-state index contributed by atoms with van der Waals surface area (Å²) in [6.45, 7) is 6.26. The number of halogens is 1. The van der Waals surface area contributed by atoms with Crippen molar-refractivity contribution in [2.75, 3.05) is 0 Å². The van der Waals surface area contributed by atoms with Crippen molar-refractivity contribution < 1.29 is 8.42 Å². The largest absolute Gasteiger partial charge is 0.271 e. The third-order valence-corrected chi connectivity index (χ3v) is 2.97. The second-order valence-electron chi connectivity index (χ2n) is 3.08. The van der Waals surface area contributed by atoms with E-state index in [9.17, 15) is 8.42 Å². The molecule has 14 heavy (non-hydrogen) atoms. The molecular formula is C8H11ClN2O2S. The SMILES string of the molecule is C=C(C)CCn1cc(S(=O)(=O)Cl)cn1. The second-order valence-corrected chi connectivity index (χ2v) is 5.65. The van der Waals surface area contributed by atoms with Gasteiger partial charge in [-0.05, 0) is 13.3 Å². The number of allylic oxidation sites excluding steroid dienone is 1. The van der Waals surface area contributed by atoms with Crippen LogP contribution >= 0.6 is 10.7 Å². The number of nitrogens with zero attached hydrogens (tertiary/aromatic N) is 2. The molecule has 0 spiro atoms. The van der Waals surface area contributed by atoms with Crippen LogP contribution in [0.15, 0.2) is 29.4 Å². The van der Waals surface area contributed by atoms with Crippen molar-refractivity contribution in [3.05, 3.63) is 24.5 Å². The summed E-state index contributed by atoms with van der Waals surface area (Å²) in [6, 6.07) is 0. The molecule has 0 saturated carbocycles. The molecule has 0 amide bonds. The van der Waals surface area contributed by atoms with E-state index in [1.54, 1.807) is 0 Å². The molecule has 0 atom stereocenters. The Balaban J connectivity index is 2.74. The molecule has 0 aliphatic heterocycles. The minimum absolute atomic E-state index is 0.0286. The summed E-state index contributed by atoms with van der Waals surface area (Å²) < 4.78 is 23.3. The summed E-state index contributed by atoms with van der Waals surface area (Å²) in [5.74, 6) is 0. The van der Waals surface area contributed by atoms with E-state index in [4.69, 9.17) is 10.7 Å². The molecule has 0 fully saturated rings. The molecular weight excluding hydrogens is 224 g/mol. The van der Waals surface area contributed by atoms with Crippen molar-refractivity contribution >= 4 is 19.7 Å². The number of hydrogen-bond acceptors (Lipinski definition) is 3. The smallest absolute Gasteiger partial charge is 0.264 e. The third-order valence-electron chi connectivity index (χ3n) is 1.66. The zero-order valence-corrected chi connectivity index (χ0v) is 9.35. The molecule has 1 aromatic rings. The highest BCUT2D eigenvalue weighted by Crippen LogP contribution is 2.13. The summed E-state index contributed by atoms with van der Waals surface area (Å²) >= 11 is 0. The Hall–Kier alpha value is -0.810. The number of rotatable bonds is 4. The fourth-order valence-electron chi connectivity index (χ4n) is 0.898. The molecule has 0 N–H and O–H groups in total. The first-order valence-corrected chi connectivity index (χ1v) is 6.32. The van der Waals surface area contributed by atoms with Crippen LogP contribution in [-0.4, -0.2) is 18.2 Å². The van der Waals surface area contributed by atoms with Crippen molar-refractivity contribution in [1.29, 1.82) is 0 Å². The van der Waals surface area contributed by atoms with Crippen molar-refractivity contribution in [1.82, 2.24) is 9.78 Å². The molecule has 6 heteroatoms. The lowest BCUT2D eigenvalue weighted by atomic mass is 10.2. The van der Waals surface area contributed by atoms with Gasteiger partial charge in [0.25, 0.3) is 9.05 Å². The minimum Gasteiger partial charge on any atom is -0.271 e. The van der Waals surface area contributed by atoms with Gasteiger partial charge in [0.05, 0.1) is 6.20 Å². The Labute approximate surface area is 87.6 Å². The zero-order valence-electron chi connectivity index (χ0n) is 7.77. The van der Waals surface area contributed by atoms with E-state index >= 15 is 0 Å². The van der Waals surface area contributed by atoms with Gasteiger partial charge in [-0.25, -0.2) is 8.42 Å². The van der Waals surface area contributed by atoms with Crippen LogP contribution in [0.3, 0.4) is 0 Å². The van der Waals surface area contributed by atoms with Crippen LogP contribution in [0.4, 0.5) is 0 Å². The lowest BCUT2D eigenvalue weighted by molar-refractivity contribution is 0.604. The lowest BCUT2D eigenvalue weighted by Gasteiger charge is -1.99. The highest BCUT2D eigenvalue weighted by molar-refractivity contribution is 8.13. The van der Waals surface area contributed by atoms with Gasteiger partial charge in [-0.15, -0.1) is 6.58 Å². The molecule has 1 aromatic heterocycles. The summed E-state index contributed by atoms with van der Waals surface area (Å²) in [5, 5.41) is 3.87. The highest BCUT2D eigenvalue weighted by atomic mass is 35.7. The molecule has 78 valence electrons. The Morgan fingerprint density at radius 2 is 2.36 bits per heavy atom. The fraction of sp³-hybridized carbons (Fsp3) is 0.375. The Morgan fingerprint density at radius 3 is 2.79 bits per heavy atom. The second kappa shape index (κ2) is 4.14. The molecule has 0 aliphatic carbocycles. The van der Waals surface area contributed by atoms with Crippen molar-refractivity contribution in [3.8, 4) is 0 Å². The van der Waals surface area contributed by atoms with Crippen LogP contribution in [0.1, 0.15) is 13.3 Å². The first-order valence-electron chi connectivity index (χ1n) is 4.01. The summed E-state index contributed by atoms with van der Waals surface area (Å²) in [4.78, 5) is 0.0286. The first kappa shape index (κ1) is 11.3. The third kappa shape index (κ3) is 3.16. The van der Waals surface area contributed by atoms with Crippen LogP contribution in [0, 0.1) is 0 Å². The fourth-order valence-corrected chi connectivity index (χ4v) is 1.56. The van der Waals surface area contributed by atoms with E-state index in [0.717, 1.165) is 12.0 Å². The molecule has 0 saturated heterocycles. The summed E-state index contributed by atoms with van der Waals surface area (Å²) in [6.07, 6.45) is 3.41. The molecule has 0 unspecified atom stereocenters. The van der Waals surface area contributed by atoms with Gasteiger partial charge in [0.15, 0.2) is 0 Å². The Kier molecular flexibility index (Phi) is 3.34. The van der Waals surface area contributed by atoms with Gasteiger partial charge in [-0.1, -0.05) is 5.57 Å². The maximum atomic E-state index is 10.9. The highest BCUT2D eigenvalue weighted by Gasteiger charge is 2.12. The maximum Gasteiger partial charge on any atom is 0.264 e. The zero-order chi connectivity index (χ0) is 10.8. The van der Waals surface area contributed by atoms with Gasteiger partial charge in [-0.3, -0.25) is 4.68 Å². The normalized spacial score (nSPS) is 11.6. The van der Waals surface area contributed by atoms with Crippen LogP contribution in [0.5, 0.6) is 0 Å². The van der Waals surface area contributed by atoms with Crippen molar-refractivity contribution in [2.45, 2.75) is 24.8 Å². The monoisotopic (exact) mass is 234 g/mol. The molecule has 0 aliphatic rings. The van der Waals surface area contributed by atoms with Crippen LogP contribution in [0.25, 0.3) is 0 Å². The molecule has 1 heterocycles. The van der Waals surface area contributed by atoms with Gasteiger partial charge >= 0.3 is 0 Å². The van der Waals surface area contributed by atoms with Crippen LogP contribution in [-0.2, 0) is 15.6 Å². The predicted octanol–water partition coefficient (Wildman–Crippen LogP) is 1.78. The standard InChI is InChI=1S/C8H11ClN2O2S/c1-7(2)3-4-11-6-8(5-10-11)14(9,12)13/h5-6H,1,3-4H2,2H3. The molecule has 1 rings (SSSR count). The number of aromatic nitrogens is 2. The molecule has 4 nitrogen and oxygen atoms in total. The lowest BCUT2D eigenvalue weighted by Crippen LogP contribution is -1.98. The molecule has 0 aromatic carbocycles. The first-order chi connectivity index (χ1) is 6.39. The average Bonchev–Trinajstić information content (AvgIpc) is 2.47. The summed E-state index contributed by atoms with van der Waals surface area (Å²) in [5.41, 5.74) is 1.02. The van der Waals surface area contributed by atoms with E-state index in [-0.39, 0.29) is 4.90 Å². The van der Waals surface area contributed by atoms with Crippen molar-refractivity contribution in [2.24, 2.45) is 0 Å². The van der Waals surface area contributed by atoms with E-state index in [0.29, 0.717) is 6.54 Å².